The first kappa shape index (κ1) is 11.0. The molecular formula is C11H19N3S. The van der Waals surface area contributed by atoms with Gasteiger partial charge >= 0.3 is 0 Å². The Bertz CT molecular complexity index is 286. The summed E-state index contributed by atoms with van der Waals surface area (Å²) in [7, 11) is 0. The Morgan fingerprint density at radius 1 is 1.53 bits per heavy atom. The van der Waals surface area contributed by atoms with E-state index in [1.54, 1.807) is 11.3 Å². The summed E-state index contributed by atoms with van der Waals surface area (Å²) >= 11 is 1.71. The van der Waals surface area contributed by atoms with E-state index in [9.17, 15) is 0 Å². The molecule has 1 saturated carbocycles. The van der Waals surface area contributed by atoms with E-state index in [4.69, 9.17) is 5.73 Å². The first-order chi connectivity index (χ1) is 7.27. The van der Waals surface area contributed by atoms with Gasteiger partial charge in [0.2, 0.25) is 0 Å². The Kier molecular flexibility index (Phi) is 3.72. The van der Waals surface area contributed by atoms with Crippen molar-refractivity contribution in [3.05, 3.63) is 16.6 Å². The molecule has 3 N–H and O–H groups in total. The highest BCUT2D eigenvalue weighted by atomic mass is 32.1. The minimum atomic E-state index is 0.321. The lowest BCUT2D eigenvalue weighted by Crippen LogP contribution is -2.47. The summed E-state index contributed by atoms with van der Waals surface area (Å²) in [5.41, 5.74) is 6.10. The molecule has 0 amide bonds. The zero-order valence-electron chi connectivity index (χ0n) is 9.15. The second-order valence-electron chi connectivity index (χ2n) is 4.31. The fourth-order valence-corrected chi connectivity index (χ4v) is 2.86. The van der Waals surface area contributed by atoms with Gasteiger partial charge in [0, 0.05) is 23.7 Å². The molecule has 15 heavy (non-hydrogen) atoms. The van der Waals surface area contributed by atoms with Crippen LogP contribution in [-0.2, 0) is 0 Å². The Labute approximate surface area is 95.1 Å². The van der Waals surface area contributed by atoms with E-state index in [0.29, 0.717) is 18.1 Å². The van der Waals surface area contributed by atoms with Crippen LogP contribution in [0.15, 0.2) is 11.6 Å². The molecule has 84 valence electrons. The number of aromatic nitrogens is 1. The Balaban J connectivity index is 1.90. The number of nitrogens with zero attached hydrogens (tertiary/aromatic N) is 1. The van der Waals surface area contributed by atoms with Gasteiger partial charge in [-0.2, -0.15) is 0 Å². The van der Waals surface area contributed by atoms with Crippen molar-refractivity contribution in [1.29, 1.82) is 0 Å². The zero-order valence-corrected chi connectivity index (χ0v) is 9.96. The van der Waals surface area contributed by atoms with Crippen LogP contribution in [0.2, 0.25) is 0 Å². The van der Waals surface area contributed by atoms with Gasteiger partial charge in [-0.05, 0) is 19.8 Å². The summed E-state index contributed by atoms with van der Waals surface area (Å²) in [6.07, 6.45) is 6.80. The normalized spacial score (nSPS) is 28.9. The smallest absolute Gasteiger partial charge is 0.109 e. The quantitative estimate of drug-likeness (QED) is 0.828. The van der Waals surface area contributed by atoms with Crippen LogP contribution in [0.25, 0.3) is 0 Å². The molecule has 1 heterocycles. The van der Waals surface area contributed by atoms with Crippen LogP contribution < -0.4 is 11.1 Å². The van der Waals surface area contributed by atoms with Crippen molar-refractivity contribution in [3.8, 4) is 0 Å². The maximum atomic E-state index is 6.10. The molecule has 0 bridgehead atoms. The molecule has 0 aromatic carbocycles. The van der Waals surface area contributed by atoms with E-state index in [1.165, 1.54) is 19.3 Å². The van der Waals surface area contributed by atoms with E-state index >= 15 is 0 Å². The Morgan fingerprint density at radius 2 is 2.33 bits per heavy atom. The second-order valence-corrected chi connectivity index (χ2v) is 5.24. The third-order valence-corrected chi connectivity index (χ3v) is 4.06. The van der Waals surface area contributed by atoms with Crippen LogP contribution in [0, 0.1) is 0 Å². The first-order valence-electron chi connectivity index (χ1n) is 5.68. The molecule has 1 aromatic heterocycles. The van der Waals surface area contributed by atoms with E-state index in [2.05, 4.69) is 17.2 Å². The highest BCUT2D eigenvalue weighted by Crippen LogP contribution is 2.21. The largest absolute Gasteiger partial charge is 0.326 e. The molecule has 1 aliphatic carbocycles. The summed E-state index contributed by atoms with van der Waals surface area (Å²) in [6.45, 7) is 2.17. The predicted octanol–water partition coefficient (Wildman–Crippen LogP) is 2.06. The van der Waals surface area contributed by atoms with Gasteiger partial charge in [-0.3, -0.25) is 0 Å². The highest BCUT2D eigenvalue weighted by molar-refractivity contribution is 7.09. The van der Waals surface area contributed by atoms with Crippen LogP contribution in [0.3, 0.4) is 0 Å². The molecule has 3 atom stereocenters. The van der Waals surface area contributed by atoms with Crippen molar-refractivity contribution in [2.24, 2.45) is 5.73 Å². The van der Waals surface area contributed by atoms with E-state index in [1.807, 2.05) is 11.6 Å². The lowest BCUT2D eigenvalue weighted by Gasteiger charge is -2.31. The van der Waals surface area contributed by atoms with Crippen LogP contribution in [-0.4, -0.2) is 17.1 Å². The summed E-state index contributed by atoms with van der Waals surface area (Å²) in [6, 6.07) is 1.12. The van der Waals surface area contributed by atoms with Gasteiger partial charge in [0.05, 0.1) is 6.04 Å². The number of thiazole rings is 1. The van der Waals surface area contributed by atoms with Crippen molar-refractivity contribution in [1.82, 2.24) is 10.3 Å². The summed E-state index contributed by atoms with van der Waals surface area (Å²) in [5.74, 6) is 0. The number of rotatable bonds is 3. The monoisotopic (exact) mass is 225 g/mol. The van der Waals surface area contributed by atoms with Gasteiger partial charge in [0.15, 0.2) is 0 Å². The van der Waals surface area contributed by atoms with Crippen molar-refractivity contribution >= 4 is 11.3 Å². The maximum Gasteiger partial charge on any atom is 0.109 e. The number of hydrogen-bond acceptors (Lipinski definition) is 4. The average Bonchev–Trinajstić information content (AvgIpc) is 2.74. The second kappa shape index (κ2) is 5.05. The van der Waals surface area contributed by atoms with Gasteiger partial charge in [-0.15, -0.1) is 11.3 Å². The topological polar surface area (TPSA) is 50.9 Å². The lowest BCUT2D eigenvalue weighted by atomic mass is 9.90. The van der Waals surface area contributed by atoms with E-state index < -0.39 is 0 Å². The molecule has 0 spiro atoms. The van der Waals surface area contributed by atoms with Crippen molar-refractivity contribution < 1.29 is 0 Å². The van der Waals surface area contributed by atoms with Gasteiger partial charge in [-0.25, -0.2) is 4.98 Å². The predicted molar refractivity (Wildman–Crippen MR) is 63.9 cm³/mol. The minimum Gasteiger partial charge on any atom is -0.326 e. The molecule has 1 fully saturated rings. The third-order valence-electron chi connectivity index (χ3n) is 3.11. The van der Waals surface area contributed by atoms with Crippen molar-refractivity contribution in [2.45, 2.75) is 50.7 Å². The van der Waals surface area contributed by atoms with Crippen LogP contribution in [0.1, 0.15) is 43.7 Å². The van der Waals surface area contributed by atoms with Crippen LogP contribution >= 0.6 is 11.3 Å². The molecule has 4 heteroatoms. The Morgan fingerprint density at radius 3 is 3.00 bits per heavy atom. The van der Waals surface area contributed by atoms with Crippen LogP contribution in [0.5, 0.6) is 0 Å². The summed E-state index contributed by atoms with van der Waals surface area (Å²) < 4.78 is 0. The molecule has 0 aliphatic heterocycles. The van der Waals surface area contributed by atoms with E-state index in [-0.39, 0.29) is 0 Å². The standard InChI is InChI=1S/C11H19N3S/c1-8(11-13-6-7-15-11)14-10-5-3-2-4-9(10)12/h6-10,14H,2-5,12H2,1H3/t8-,9+,10+/m1/s1. The zero-order chi connectivity index (χ0) is 10.7. The fraction of sp³-hybridized carbons (Fsp3) is 0.727. The molecular weight excluding hydrogens is 206 g/mol. The molecule has 3 nitrogen and oxygen atoms in total. The number of nitrogens with one attached hydrogen (secondary N) is 1. The van der Waals surface area contributed by atoms with Crippen molar-refractivity contribution in [2.75, 3.05) is 0 Å². The molecule has 1 aromatic rings. The minimum absolute atomic E-state index is 0.321. The molecule has 0 saturated heterocycles. The molecule has 2 rings (SSSR count). The van der Waals surface area contributed by atoms with Gasteiger partial charge in [-0.1, -0.05) is 12.8 Å². The molecule has 1 aliphatic rings. The lowest BCUT2D eigenvalue weighted by molar-refractivity contribution is 0.306. The highest BCUT2D eigenvalue weighted by Gasteiger charge is 2.23. The van der Waals surface area contributed by atoms with Crippen molar-refractivity contribution in [3.63, 3.8) is 0 Å². The molecule has 0 unspecified atom stereocenters. The number of nitrogens with two attached hydrogens (primary N) is 1. The summed E-state index contributed by atoms with van der Waals surface area (Å²) in [4.78, 5) is 4.32. The first-order valence-corrected chi connectivity index (χ1v) is 6.56. The van der Waals surface area contributed by atoms with E-state index in [0.717, 1.165) is 11.4 Å². The summed E-state index contributed by atoms with van der Waals surface area (Å²) in [5, 5.41) is 6.78. The van der Waals surface area contributed by atoms with Gasteiger partial charge < -0.3 is 11.1 Å². The van der Waals surface area contributed by atoms with Crippen LogP contribution in [0.4, 0.5) is 0 Å². The SMILES string of the molecule is C[C@@H](N[C@H]1CCCC[C@@H]1N)c1nccs1. The van der Waals surface area contributed by atoms with Gasteiger partial charge in [0.25, 0.3) is 0 Å². The maximum absolute atomic E-state index is 6.10. The molecule has 0 radical (unpaired) electrons. The average molecular weight is 225 g/mol. The van der Waals surface area contributed by atoms with Gasteiger partial charge in [0.1, 0.15) is 5.01 Å². The third kappa shape index (κ3) is 2.77. The number of hydrogen-bond donors (Lipinski definition) is 2. The Hall–Kier alpha value is -0.450. The fourth-order valence-electron chi connectivity index (χ4n) is 2.21.